The Balaban J connectivity index is 1.80. The molecule has 110 valence electrons. The lowest BCUT2D eigenvalue weighted by Crippen LogP contribution is -2.41. The molecule has 5 nitrogen and oxygen atoms in total. The number of morpholine rings is 1. The third-order valence-electron chi connectivity index (χ3n) is 3.58. The summed E-state index contributed by atoms with van der Waals surface area (Å²) in [6.45, 7) is 7.03. The van der Waals surface area contributed by atoms with Gasteiger partial charge in [0.1, 0.15) is 0 Å². The highest BCUT2D eigenvalue weighted by Gasteiger charge is 2.11. The fourth-order valence-electron chi connectivity index (χ4n) is 2.34. The van der Waals surface area contributed by atoms with Crippen molar-refractivity contribution in [3.63, 3.8) is 0 Å². The second-order valence-corrected chi connectivity index (χ2v) is 4.99. The van der Waals surface area contributed by atoms with E-state index in [1.54, 1.807) is 0 Å². The van der Waals surface area contributed by atoms with Crippen molar-refractivity contribution in [1.29, 1.82) is 0 Å². The van der Waals surface area contributed by atoms with Gasteiger partial charge in [-0.15, -0.1) is 0 Å². The zero-order valence-electron chi connectivity index (χ0n) is 12.2. The SMILES string of the molecule is CNc1ccc(C(=O)NCCN2CCOCC2)cc1C. The Labute approximate surface area is 120 Å². The summed E-state index contributed by atoms with van der Waals surface area (Å²) in [5, 5.41) is 6.07. The molecular weight excluding hydrogens is 254 g/mol. The summed E-state index contributed by atoms with van der Waals surface area (Å²) in [5.41, 5.74) is 2.84. The minimum atomic E-state index is -0.0102. The number of benzene rings is 1. The average molecular weight is 277 g/mol. The Hall–Kier alpha value is -1.59. The van der Waals surface area contributed by atoms with E-state index in [-0.39, 0.29) is 5.91 Å². The highest BCUT2D eigenvalue weighted by Crippen LogP contribution is 2.15. The maximum atomic E-state index is 12.1. The molecule has 2 N–H and O–H groups in total. The molecule has 5 heteroatoms. The predicted molar refractivity (Wildman–Crippen MR) is 80.3 cm³/mol. The molecule has 20 heavy (non-hydrogen) atoms. The number of anilines is 1. The van der Waals surface area contributed by atoms with Crippen molar-refractivity contribution in [2.45, 2.75) is 6.92 Å². The van der Waals surface area contributed by atoms with Gasteiger partial charge in [0.15, 0.2) is 0 Å². The number of nitrogens with one attached hydrogen (secondary N) is 2. The number of aryl methyl sites for hydroxylation is 1. The number of hydrogen-bond donors (Lipinski definition) is 2. The van der Waals surface area contributed by atoms with Gasteiger partial charge >= 0.3 is 0 Å². The van der Waals surface area contributed by atoms with E-state index in [1.165, 1.54) is 0 Å². The molecule has 0 unspecified atom stereocenters. The standard InChI is InChI=1S/C15H23N3O2/c1-12-11-13(3-4-14(12)16-2)15(19)17-5-6-18-7-9-20-10-8-18/h3-4,11,16H,5-10H2,1-2H3,(H,17,19). The van der Waals surface area contributed by atoms with Gasteiger partial charge in [-0.2, -0.15) is 0 Å². The van der Waals surface area contributed by atoms with Crippen molar-refractivity contribution in [2.24, 2.45) is 0 Å². The topological polar surface area (TPSA) is 53.6 Å². The lowest BCUT2D eigenvalue weighted by atomic mass is 10.1. The third kappa shape index (κ3) is 3.95. The van der Waals surface area contributed by atoms with Crippen molar-refractivity contribution in [3.05, 3.63) is 29.3 Å². The second kappa shape index (κ2) is 7.26. The summed E-state index contributed by atoms with van der Waals surface area (Å²) in [4.78, 5) is 14.4. The van der Waals surface area contributed by atoms with E-state index < -0.39 is 0 Å². The summed E-state index contributed by atoms with van der Waals surface area (Å²) in [6.07, 6.45) is 0. The second-order valence-electron chi connectivity index (χ2n) is 4.99. The van der Waals surface area contributed by atoms with Crippen LogP contribution in [0.2, 0.25) is 0 Å². The molecule has 1 aromatic carbocycles. The van der Waals surface area contributed by atoms with Gasteiger partial charge in [0.2, 0.25) is 0 Å². The molecular formula is C15H23N3O2. The number of nitrogens with zero attached hydrogens (tertiary/aromatic N) is 1. The van der Waals surface area contributed by atoms with Gasteiger partial charge in [-0.1, -0.05) is 0 Å². The number of carbonyl (C=O) groups is 1. The molecule has 1 saturated heterocycles. The molecule has 2 rings (SSSR count). The van der Waals surface area contributed by atoms with Gasteiger partial charge in [0, 0.05) is 44.5 Å². The molecule has 1 amide bonds. The Bertz CT molecular complexity index is 456. The van der Waals surface area contributed by atoms with Crippen LogP contribution in [0.25, 0.3) is 0 Å². The maximum absolute atomic E-state index is 12.1. The summed E-state index contributed by atoms with van der Waals surface area (Å²) in [7, 11) is 1.88. The van der Waals surface area contributed by atoms with Crippen molar-refractivity contribution in [3.8, 4) is 0 Å². The van der Waals surface area contributed by atoms with Gasteiger partial charge < -0.3 is 15.4 Å². The van der Waals surface area contributed by atoms with E-state index in [4.69, 9.17) is 4.74 Å². The highest BCUT2D eigenvalue weighted by atomic mass is 16.5. The third-order valence-corrected chi connectivity index (χ3v) is 3.58. The minimum absolute atomic E-state index is 0.0102. The van der Waals surface area contributed by atoms with Gasteiger partial charge in [-0.3, -0.25) is 9.69 Å². The molecule has 0 aliphatic carbocycles. The summed E-state index contributed by atoms with van der Waals surface area (Å²) < 4.78 is 5.30. The van der Waals surface area contributed by atoms with Crippen molar-refractivity contribution in [2.75, 3.05) is 51.8 Å². The minimum Gasteiger partial charge on any atom is -0.388 e. The number of rotatable bonds is 5. The lowest BCUT2D eigenvalue weighted by molar-refractivity contribution is 0.0383. The molecule has 0 bridgehead atoms. The maximum Gasteiger partial charge on any atom is 0.251 e. The first-order chi connectivity index (χ1) is 9.70. The fraction of sp³-hybridized carbons (Fsp3) is 0.533. The van der Waals surface area contributed by atoms with Crippen LogP contribution in [0.5, 0.6) is 0 Å². The van der Waals surface area contributed by atoms with Gasteiger partial charge in [-0.05, 0) is 30.7 Å². The highest BCUT2D eigenvalue weighted by molar-refractivity contribution is 5.94. The van der Waals surface area contributed by atoms with E-state index in [1.807, 2.05) is 32.2 Å². The Morgan fingerprint density at radius 1 is 1.35 bits per heavy atom. The van der Waals surface area contributed by atoms with E-state index in [0.29, 0.717) is 12.1 Å². The number of amides is 1. The van der Waals surface area contributed by atoms with Crippen LogP contribution < -0.4 is 10.6 Å². The molecule has 0 saturated carbocycles. The first kappa shape index (κ1) is 14.8. The number of ether oxygens (including phenoxy) is 1. The largest absolute Gasteiger partial charge is 0.388 e. The zero-order chi connectivity index (χ0) is 14.4. The first-order valence-corrected chi connectivity index (χ1v) is 7.07. The van der Waals surface area contributed by atoms with Crippen molar-refractivity contribution in [1.82, 2.24) is 10.2 Å². The smallest absolute Gasteiger partial charge is 0.251 e. The van der Waals surface area contributed by atoms with Crippen LogP contribution in [0.3, 0.4) is 0 Å². The lowest BCUT2D eigenvalue weighted by Gasteiger charge is -2.26. The first-order valence-electron chi connectivity index (χ1n) is 7.07. The van der Waals surface area contributed by atoms with Crippen LogP contribution >= 0.6 is 0 Å². The molecule has 1 aliphatic heterocycles. The Morgan fingerprint density at radius 2 is 2.10 bits per heavy atom. The van der Waals surface area contributed by atoms with E-state index in [2.05, 4.69) is 15.5 Å². The number of hydrogen-bond acceptors (Lipinski definition) is 4. The van der Waals surface area contributed by atoms with Crippen LogP contribution in [0.1, 0.15) is 15.9 Å². The quantitative estimate of drug-likeness (QED) is 0.846. The van der Waals surface area contributed by atoms with Crippen LogP contribution in [0, 0.1) is 6.92 Å². The molecule has 1 heterocycles. The molecule has 0 spiro atoms. The summed E-state index contributed by atoms with van der Waals surface area (Å²) >= 11 is 0. The average Bonchev–Trinajstić information content (AvgIpc) is 2.48. The van der Waals surface area contributed by atoms with Crippen molar-refractivity contribution >= 4 is 11.6 Å². The molecule has 1 aliphatic rings. The number of carbonyl (C=O) groups excluding carboxylic acids is 1. The molecule has 0 aromatic heterocycles. The van der Waals surface area contributed by atoms with Crippen LogP contribution in [0.15, 0.2) is 18.2 Å². The fourth-order valence-corrected chi connectivity index (χ4v) is 2.34. The Kier molecular flexibility index (Phi) is 5.38. The van der Waals surface area contributed by atoms with Crippen molar-refractivity contribution < 1.29 is 9.53 Å². The molecule has 0 atom stereocenters. The summed E-state index contributed by atoms with van der Waals surface area (Å²) in [6, 6.07) is 5.70. The molecule has 0 radical (unpaired) electrons. The zero-order valence-corrected chi connectivity index (χ0v) is 12.2. The van der Waals surface area contributed by atoms with E-state index in [9.17, 15) is 4.79 Å². The van der Waals surface area contributed by atoms with Crippen LogP contribution in [-0.2, 0) is 4.74 Å². The van der Waals surface area contributed by atoms with Crippen LogP contribution in [0.4, 0.5) is 5.69 Å². The van der Waals surface area contributed by atoms with Gasteiger partial charge in [0.05, 0.1) is 13.2 Å². The predicted octanol–water partition coefficient (Wildman–Crippen LogP) is 1.10. The van der Waals surface area contributed by atoms with Gasteiger partial charge in [0.25, 0.3) is 5.91 Å². The Morgan fingerprint density at radius 3 is 2.75 bits per heavy atom. The van der Waals surface area contributed by atoms with E-state index >= 15 is 0 Å². The monoisotopic (exact) mass is 277 g/mol. The molecule has 1 aromatic rings. The molecule has 1 fully saturated rings. The van der Waals surface area contributed by atoms with Crippen LogP contribution in [-0.4, -0.2) is 57.2 Å². The normalized spacial score (nSPS) is 15.9. The van der Waals surface area contributed by atoms with Gasteiger partial charge in [-0.25, -0.2) is 0 Å². The van der Waals surface area contributed by atoms with E-state index in [0.717, 1.165) is 44.1 Å². The summed E-state index contributed by atoms with van der Waals surface area (Å²) in [5.74, 6) is -0.0102.